The van der Waals surface area contributed by atoms with E-state index in [2.05, 4.69) is 88.7 Å². The van der Waals surface area contributed by atoms with Gasteiger partial charge in [-0.05, 0) is 105 Å². The van der Waals surface area contributed by atoms with Crippen LogP contribution in [0.15, 0.2) is 12.2 Å². The quantitative estimate of drug-likeness (QED) is 0.0232. The molecule has 1 aliphatic heterocycles. The van der Waals surface area contributed by atoms with E-state index in [-0.39, 0.29) is 128 Å². The highest BCUT2D eigenvalue weighted by molar-refractivity contribution is 7.98. The molecular weight excluding hydrogens is 1190 g/mol. The average Bonchev–Trinajstić information content (AvgIpc) is 0.905. The molecule has 1 saturated heterocycles. The summed E-state index contributed by atoms with van der Waals surface area (Å²) in [6.45, 7) is 22.6. The van der Waals surface area contributed by atoms with Crippen molar-refractivity contribution < 1.29 is 43.2 Å². The molecule has 0 unspecified atom stereocenters. The van der Waals surface area contributed by atoms with Crippen molar-refractivity contribution in [2.75, 3.05) is 125 Å². The number of allylic oxidation sites excluding steroid dienone is 1. The minimum absolute atomic E-state index is 0.00120. The number of hydrogen-bond acceptors (Lipinski definition) is 16. The third kappa shape index (κ3) is 45.1. The molecule has 0 atom stereocenters. The van der Waals surface area contributed by atoms with Crippen LogP contribution in [0.2, 0.25) is 0 Å². The Morgan fingerprint density at radius 2 is 0.924 bits per heavy atom. The lowest BCUT2D eigenvalue weighted by atomic mass is 9.89. The van der Waals surface area contributed by atoms with E-state index in [1.807, 2.05) is 31.7 Å². The van der Waals surface area contributed by atoms with E-state index in [1.165, 1.54) is 0 Å². The van der Waals surface area contributed by atoms with E-state index >= 15 is 0 Å². The molecule has 1 aliphatic rings. The number of anilines is 3. The molecule has 24 nitrogen and oxygen atoms in total. The number of nitrogens with one attached hydrogen (secondary N) is 9. The largest absolute Gasteiger partial charge is 0.356 e. The molecule has 1 aromatic rings. The molecule has 0 spiro atoms. The van der Waals surface area contributed by atoms with Gasteiger partial charge < -0.3 is 62.6 Å². The maximum Gasteiger partial charge on any atom is 0.243 e. The van der Waals surface area contributed by atoms with Crippen molar-refractivity contribution in [3.63, 3.8) is 0 Å². The normalized spacial score (nSPS) is 12.5. The van der Waals surface area contributed by atoms with Gasteiger partial charge in [0.05, 0.1) is 0 Å². The molecule has 25 heteroatoms. The second kappa shape index (κ2) is 49.3. The summed E-state index contributed by atoms with van der Waals surface area (Å²) in [6, 6.07) is 0. The fraction of sp³-hybridized carbons (Fsp3) is 0.791. The molecule has 0 saturated carbocycles. The topological polar surface area (TPSA) is 310 Å². The number of carbonyl (C=O) groups is 9. The van der Waals surface area contributed by atoms with Crippen LogP contribution in [0, 0.1) is 16.7 Å². The molecule has 1 fully saturated rings. The van der Waals surface area contributed by atoms with Crippen molar-refractivity contribution in [2.24, 2.45) is 16.7 Å². The third-order valence-corrected chi connectivity index (χ3v) is 15.9. The van der Waals surface area contributed by atoms with Crippen molar-refractivity contribution in [3.05, 3.63) is 12.2 Å². The van der Waals surface area contributed by atoms with E-state index in [1.54, 1.807) is 27.6 Å². The van der Waals surface area contributed by atoms with Crippen molar-refractivity contribution in [3.8, 4) is 0 Å². The summed E-state index contributed by atoms with van der Waals surface area (Å²) in [6.07, 6.45) is 22.0. The zero-order valence-corrected chi connectivity index (χ0v) is 58.8. The molecule has 0 bridgehead atoms. The molecule has 0 radical (unpaired) electrons. The Morgan fingerprint density at radius 1 is 0.478 bits per heavy atom. The van der Waals surface area contributed by atoms with Gasteiger partial charge in [-0.3, -0.25) is 43.2 Å². The van der Waals surface area contributed by atoms with E-state index in [9.17, 15) is 43.2 Å². The Labute approximate surface area is 556 Å². The fourth-order valence-electron chi connectivity index (χ4n) is 9.67. The number of amides is 9. The van der Waals surface area contributed by atoms with Crippen molar-refractivity contribution in [1.29, 1.82) is 0 Å². The first-order chi connectivity index (χ1) is 43.9. The molecule has 2 rings (SSSR count). The number of hydrogen-bond donors (Lipinski definition) is 9. The fourth-order valence-corrected chi connectivity index (χ4v) is 10.2. The number of nitrogens with zero attached hydrogens (tertiary/aromatic N) is 6. The van der Waals surface area contributed by atoms with Crippen LogP contribution in [0.4, 0.5) is 17.8 Å². The maximum atomic E-state index is 13.5. The number of aromatic nitrogens is 3. The number of rotatable bonds is 51. The summed E-state index contributed by atoms with van der Waals surface area (Å²) >= 11 is 1.80. The molecule has 9 N–H and O–H groups in total. The van der Waals surface area contributed by atoms with Gasteiger partial charge in [-0.2, -0.15) is 26.7 Å². The number of unbranched alkanes of at least 4 members (excludes halogenated alkanes) is 7. The van der Waals surface area contributed by atoms with Crippen LogP contribution in [0.3, 0.4) is 0 Å². The minimum atomic E-state index is -0.235. The Hall–Kier alpha value is -6.27. The summed E-state index contributed by atoms with van der Waals surface area (Å²) in [7, 11) is 0. The molecule has 9 amide bonds. The Kier molecular flexibility index (Phi) is 43.9. The van der Waals surface area contributed by atoms with Gasteiger partial charge in [0.15, 0.2) is 0 Å². The highest BCUT2D eigenvalue weighted by Gasteiger charge is 2.26. The lowest BCUT2D eigenvalue weighted by molar-refractivity contribution is -0.132. The number of piperazine rings is 1. The zero-order valence-electron chi connectivity index (χ0n) is 58.0. The van der Waals surface area contributed by atoms with Crippen LogP contribution in [0.5, 0.6) is 0 Å². The molecule has 2 heterocycles. The Morgan fingerprint density at radius 3 is 1.41 bits per heavy atom. The lowest BCUT2D eigenvalue weighted by Gasteiger charge is -2.35. The van der Waals surface area contributed by atoms with Crippen LogP contribution >= 0.6 is 11.8 Å². The van der Waals surface area contributed by atoms with E-state index in [0.717, 1.165) is 89.2 Å². The van der Waals surface area contributed by atoms with E-state index < -0.39 is 0 Å². The van der Waals surface area contributed by atoms with Crippen molar-refractivity contribution in [1.82, 2.24) is 62.4 Å². The highest BCUT2D eigenvalue weighted by Crippen LogP contribution is 2.23. The molecular formula is C67H121N15O9S. The first kappa shape index (κ1) is 81.8. The van der Waals surface area contributed by atoms with Gasteiger partial charge in [0.2, 0.25) is 71.0 Å². The molecule has 0 aromatic carbocycles. The molecule has 0 aliphatic carbocycles. The first-order valence-corrected chi connectivity index (χ1v) is 35.9. The molecule has 92 heavy (non-hydrogen) atoms. The van der Waals surface area contributed by atoms with Gasteiger partial charge in [-0.15, -0.1) is 0 Å². The predicted molar refractivity (Wildman–Crippen MR) is 370 cm³/mol. The highest BCUT2D eigenvalue weighted by atomic mass is 32.2. The third-order valence-electron chi connectivity index (χ3n) is 15.2. The zero-order chi connectivity index (χ0) is 67.8. The summed E-state index contributed by atoms with van der Waals surface area (Å²) in [5, 5.41) is 26.7. The summed E-state index contributed by atoms with van der Waals surface area (Å²) in [5.74, 6) is 1.46. The van der Waals surface area contributed by atoms with Crippen LogP contribution < -0.4 is 57.7 Å². The van der Waals surface area contributed by atoms with Crippen molar-refractivity contribution in [2.45, 2.75) is 216 Å². The average molecular weight is 1310 g/mol. The van der Waals surface area contributed by atoms with E-state index in [4.69, 9.17) is 15.0 Å². The molecule has 1 aromatic heterocycles. The van der Waals surface area contributed by atoms with Crippen molar-refractivity contribution >= 4 is 82.8 Å². The second-order valence-corrected chi connectivity index (χ2v) is 27.8. The van der Waals surface area contributed by atoms with Crippen LogP contribution in [-0.4, -0.2) is 183 Å². The number of carbonyl (C=O) groups excluding carboxylic acids is 9. The van der Waals surface area contributed by atoms with Gasteiger partial charge in [0.1, 0.15) is 0 Å². The summed E-state index contributed by atoms with van der Waals surface area (Å²) in [5.41, 5.74) is 0.172. The Bertz CT molecular complexity index is 2340. The van der Waals surface area contributed by atoms with Crippen LogP contribution in [0.1, 0.15) is 216 Å². The van der Waals surface area contributed by atoms with Crippen LogP contribution in [0.25, 0.3) is 0 Å². The van der Waals surface area contributed by atoms with Gasteiger partial charge in [-0.1, -0.05) is 100.0 Å². The number of thioether (sulfide) groups is 1. The monoisotopic (exact) mass is 1310 g/mol. The van der Waals surface area contributed by atoms with Crippen LogP contribution in [-0.2, 0) is 43.2 Å². The van der Waals surface area contributed by atoms with Gasteiger partial charge >= 0.3 is 0 Å². The first-order valence-electron chi connectivity index (χ1n) is 34.5. The standard InChI is InChI=1S/C67H121N15O9S/c1-53(2)25-14-15-27-55(84)71-40-23-43-74-60(89)33-46-81(47-34-61(90)75-44-24-41-72-56(85)28-16-17-35-66(3,4)5)64-77-63(76-45-32-59(88)73-42-22-39-70-54(83)26-13-12-20-52-92-9)78-65(79-64)82-50-48-80(49-51-82)62(91)30-21-29-57(86)68-37-18-10-11-19-38-69-58(87)31-36-67(6,7)8/h31,36,53H,10-30,32-35,37-52H2,1-9H3,(H,68,86)(H,69,87)(H,70,83)(H,71,84)(H,72,85)(H,73,88)(H,74,89)(H,75,90)(H,76,77,78,79)/b36-31+. The smallest absolute Gasteiger partial charge is 0.243 e. The van der Waals surface area contributed by atoms with E-state index in [0.29, 0.717) is 135 Å². The maximum absolute atomic E-state index is 13.5. The summed E-state index contributed by atoms with van der Waals surface area (Å²) in [4.78, 5) is 135. The molecule has 524 valence electrons. The second-order valence-electron chi connectivity index (χ2n) is 26.8. The van der Waals surface area contributed by atoms with Gasteiger partial charge in [-0.25, -0.2) is 0 Å². The van der Waals surface area contributed by atoms with Gasteiger partial charge in [0.25, 0.3) is 0 Å². The summed E-state index contributed by atoms with van der Waals surface area (Å²) < 4.78 is 0. The SMILES string of the molecule is CSCCCCCC(=O)NCCCNC(=O)CCNc1nc(N(CCC(=O)NCCCNC(=O)CCCCC(C)C)CCC(=O)NCCCNC(=O)CCCCC(C)(C)C)nc(N2CCN(C(=O)CCCC(=O)NCCCCCCNC(=O)/C=C/C(C)(C)C)CC2)n1. The lowest BCUT2D eigenvalue weighted by Crippen LogP contribution is -2.49. The Balaban J connectivity index is 2.14. The minimum Gasteiger partial charge on any atom is -0.356 e. The van der Waals surface area contributed by atoms with Gasteiger partial charge in [0, 0.05) is 150 Å². The predicted octanol–water partition coefficient (Wildman–Crippen LogP) is 7.09.